The molecule has 0 aromatic carbocycles. The van der Waals surface area contributed by atoms with E-state index in [0.29, 0.717) is 30.8 Å². The molecule has 0 amide bonds. The predicted molar refractivity (Wildman–Crippen MR) is 64.6 cm³/mol. The first-order chi connectivity index (χ1) is 7.52. The highest BCUT2D eigenvalue weighted by molar-refractivity contribution is 7.91. The van der Waals surface area contributed by atoms with Crippen molar-refractivity contribution in [2.24, 2.45) is 0 Å². The van der Waals surface area contributed by atoms with Crippen molar-refractivity contribution in [2.75, 3.05) is 36.2 Å². The van der Waals surface area contributed by atoms with Crippen LogP contribution in [0.15, 0.2) is 0 Å². The molecule has 98 valence electrons. The van der Waals surface area contributed by atoms with Crippen molar-refractivity contribution < 1.29 is 22.8 Å². The van der Waals surface area contributed by atoms with Crippen LogP contribution in [-0.2, 0) is 20.6 Å². The molecule has 0 rings (SSSR count). The summed E-state index contributed by atoms with van der Waals surface area (Å²) in [6.45, 7) is -0.402. The van der Waals surface area contributed by atoms with Gasteiger partial charge in [-0.15, -0.1) is 0 Å². The Hall–Kier alpha value is 0.0200. The van der Waals surface area contributed by atoms with Crippen LogP contribution in [0.5, 0.6) is 0 Å². The second-order valence-corrected chi connectivity index (χ2v) is 7.51. The maximum Gasteiger partial charge on any atom is 0.152 e. The van der Waals surface area contributed by atoms with Gasteiger partial charge in [0.15, 0.2) is 9.84 Å². The average Bonchev–Trinajstić information content (AvgIpc) is 2.17. The molecule has 7 heteroatoms. The summed E-state index contributed by atoms with van der Waals surface area (Å²) >= 11 is 0. The second-order valence-electron chi connectivity index (χ2n) is 3.51. The van der Waals surface area contributed by atoms with Crippen LogP contribution in [0.25, 0.3) is 0 Å². The average molecular weight is 272 g/mol. The minimum Gasteiger partial charge on any atom is -0.395 e. The van der Waals surface area contributed by atoms with Crippen LogP contribution >= 0.6 is 0 Å². The van der Waals surface area contributed by atoms with E-state index in [4.69, 9.17) is 10.2 Å². The third-order valence-electron chi connectivity index (χ3n) is 2.05. The largest absolute Gasteiger partial charge is 0.395 e. The van der Waals surface area contributed by atoms with Gasteiger partial charge in [-0.2, -0.15) is 0 Å². The molecule has 1 unspecified atom stereocenters. The minimum absolute atomic E-state index is 0.0719. The standard InChI is InChI=1S/C9H20O5S2/c10-4-7-15(12)6-2-1-3-8-16(13,14)9-5-11/h10-11H,1-9H2. The normalized spacial score (nSPS) is 13.9. The van der Waals surface area contributed by atoms with Gasteiger partial charge in [-0.25, -0.2) is 8.42 Å². The van der Waals surface area contributed by atoms with Gasteiger partial charge in [0.25, 0.3) is 0 Å². The zero-order valence-electron chi connectivity index (χ0n) is 9.30. The Morgan fingerprint density at radius 2 is 1.56 bits per heavy atom. The lowest BCUT2D eigenvalue weighted by molar-refractivity contribution is 0.319. The molecule has 0 aliphatic carbocycles. The lowest BCUT2D eigenvalue weighted by Gasteiger charge is -2.02. The molecule has 1 atom stereocenters. The maximum absolute atomic E-state index is 11.2. The third kappa shape index (κ3) is 9.26. The minimum atomic E-state index is -3.11. The van der Waals surface area contributed by atoms with Crippen molar-refractivity contribution in [3.63, 3.8) is 0 Å². The summed E-state index contributed by atoms with van der Waals surface area (Å²) < 4.78 is 33.5. The number of aliphatic hydroxyl groups is 2. The van der Waals surface area contributed by atoms with Gasteiger partial charge >= 0.3 is 0 Å². The van der Waals surface area contributed by atoms with Gasteiger partial charge in [-0.05, 0) is 12.8 Å². The Kier molecular flexibility index (Phi) is 9.10. The van der Waals surface area contributed by atoms with Crippen molar-refractivity contribution in [2.45, 2.75) is 19.3 Å². The van der Waals surface area contributed by atoms with Gasteiger partial charge in [0, 0.05) is 22.3 Å². The molecule has 2 N–H and O–H groups in total. The molecule has 5 nitrogen and oxygen atoms in total. The molecule has 16 heavy (non-hydrogen) atoms. The molecule has 0 saturated heterocycles. The van der Waals surface area contributed by atoms with Gasteiger partial charge in [0.05, 0.1) is 24.7 Å². The van der Waals surface area contributed by atoms with E-state index in [0.717, 1.165) is 0 Å². The Morgan fingerprint density at radius 3 is 2.12 bits per heavy atom. The monoisotopic (exact) mass is 272 g/mol. The predicted octanol–water partition coefficient (Wildman–Crippen LogP) is -0.695. The van der Waals surface area contributed by atoms with E-state index in [1.165, 1.54) is 0 Å². The van der Waals surface area contributed by atoms with Gasteiger partial charge in [0.1, 0.15) is 0 Å². The Labute approximate surface area is 99.2 Å². The Balaban J connectivity index is 3.50. The lowest BCUT2D eigenvalue weighted by atomic mass is 10.3. The number of hydrogen-bond donors (Lipinski definition) is 2. The van der Waals surface area contributed by atoms with Crippen LogP contribution in [0.2, 0.25) is 0 Å². The van der Waals surface area contributed by atoms with Crippen LogP contribution in [0, 0.1) is 0 Å². The van der Waals surface area contributed by atoms with Gasteiger partial charge in [0.2, 0.25) is 0 Å². The number of rotatable bonds is 10. The van der Waals surface area contributed by atoms with Gasteiger partial charge in [-0.3, -0.25) is 4.21 Å². The van der Waals surface area contributed by atoms with E-state index in [1.54, 1.807) is 0 Å². The smallest absolute Gasteiger partial charge is 0.152 e. The summed E-state index contributed by atoms with van der Waals surface area (Å²) in [6.07, 6.45) is 1.96. The van der Waals surface area contributed by atoms with Crippen molar-refractivity contribution in [1.82, 2.24) is 0 Å². The Bertz CT molecular complexity index is 286. The molecular weight excluding hydrogens is 252 g/mol. The molecule has 0 aliphatic rings. The van der Waals surface area contributed by atoms with Crippen LogP contribution in [0.1, 0.15) is 19.3 Å². The number of aliphatic hydroxyl groups excluding tert-OH is 2. The number of hydrogen-bond acceptors (Lipinski definition) is 5. The van der Waals surface area contributed by atoms with Crippen LogP contribution in [-0.4, -0.2) is 59.1 Å². The van der Waals surface area contributed by atoms with Crippen molar-refractivity contribution in [3.8, 4) is 0 Å². The molecular formula is C9H20O5S2. The highest BCUT2D eigenvalue weighted by Gasteiger charge is 2.09. The molecule has 0 bridgehead atoms. The number of unbranched alkanes of at least 4 members (excludes halogenated alkanes) is 2. The van der Waals surface area contributed by atoms with Crippen molar-refractivity contribution in [3.05, 3.63) is 0 Å². The summed E-state index contributed by atoms with van der Waals surface area (Å²) in [6, 6.07) is 0. The van der Waals surface area contributed by atoms with Crippen LogP contribution in [0.4, 0.5) is 0 Å². The topological polar surface area (TPSA) is 91.7 Å². The maximum atomic E-state index is 11.2. The molecule has 0 radical (unpaired) electrons. The highest BCUT2D eigenvalue weighted by atomic mass is 32.2. The summed E-state index contributed by atoms with van der Waals surface area (Å²) in [5.74, 6) is 0.715. The Morgan fingerprint density at radius 1 is 0.875 bits per heavy atom. The fourth-order valence-corrected chi connectivity index (χ4v) is 3.27. The van der Waals surface area contributed by atoms with Crippen LogP contribution < -0.4 is 0 Å². The number of sulfone groups is 1. The summed E-state index contributed by atoms with van der Waals surface area (Å²) in [5.41, 5.74) is 0. The zero-order valence-corrected chi connectivity index (χ0v) is 10.9. The van der Waals surface area contributed by atoms with Gasteiger partial charge in [-0.1, -0.05) is 6.42 Å². The van der Waals surface area contributed by atoms with Crippen molar-refractivity contribution in [1.29, 1.82) is 0 Å². The molecule has 0 saturated carbocycles. The molecule has 0 aromatic heterocycles. The second kappa shape index (κ2) is 9.09. The van der Waals surface area contributed by atoms with E-state index in [2.05, 4.69) is 0 Å². The molecule has 0 heterocycles. The van der Waals surface area contributed by atoms with Crippen molar-refractivity contribution >= 4 is 20.6 Å². The first-order valence-electron chi connectivity index (χ1n) is 5.29. The summed E-state index contributed by atoms with van der Waals surface area (Å²) in [4.78, 5) is 0. The van der Waals surface area contributed by atoms with Crippen LogP contribution in [0.3, 0.4) is 0 Å². The van der Waals surface area contributed by atoms with E-state index in [1.807, 2.05) is 0 Å². The van der Waals surface area contributed by atoms with E-state index in [9.17, 15) is 12.6 Å². The third-order valence-corrected chi connectivity index (χ3v) is 5.15. The first kappa shape index (κ1) is 16.0. The summed E-state index contributed by atoms with van der Waals surface area (Å²) in [7, 11) is -4.10. The van der Waals surface area contributed by atoms with E-state index >= 15 is 0 Å². The lowest BCUT2D eigenvalue weighted by Crippen LogP contribution is -2.14. The molecule has 0 fully saturated rings. The summed E-state index contributed by atoms with van der Waals surface area (Å²) in [5, 5.41) is 17.0. The van der Waals surface area contributed by atoms with E-state index in [-0.39, 0.29) is 24.7 Å². The fourth-order valence-electron chi connectivity index (χ4n) is 1.21. The molecule has 0 aromatic rings. The fraction of sp³-hybridized carbons (Fsp3) is 1.00. The first-order valence-corrected chi connectivity index (χ1v) is 8.60. The highest BCUT2D eigenvalue weighted by Crippen LogP contribution is 2.02. The quantitative estimate of drug-likeness (QED) is 0.513. The molecule has 0 aliphatic heterocycles. The zero-order chi connectivity index (χ0) is 12.4. The molecule has 0 spiro atoms. The SMILES string of the molecule is O=S(CCO)CCCCCS(=O)(=O)CCO. The van der Waals surface area contributed by atoms with Gasteiger partial charge < -0.3 is 10.2 Å². The van der Waals surface area contributed by atoms with E-state index < -0.39 is 20.6 Å².